The first kappa shape index (κ1) is 20.8. The summed E-state index contributed by atoms with van der Waals surface area (Å²) in [6.45, 7) is 8.62. The third kappa shape index (κ3) is 3.81. The number of amides is 1. The van der Waals surface area contributed by atoms with Gasteiger partial charge in [-0.2, -0.15) is 0 Å². The Morgan fingerprint density at radius 2 is 2.00 bits per heavy atom. The number of piperidine rings is 1. The number of ether oxygens (including phenoxy) is 2. The topological polar surface area (TPSA) is 129 Å². The predicted molar refractivity (Wildman–Crippen MR) is 110 cm³/mol. The zero-order valence-electron chi connectivity index (χ0n) is 18.0. The van der Waals surface area contributed by atoms with Gasteiger partial charge in [0.25, 0.3) is 0 Å². The molecule has 10 heteroatoms. The quantitative estimate of drug-likeness (QED) is 0.718. The molecular formula is C20H30N6O4. The molecule has 0 radical (unpaired) electrons. The number of imidazole rings is 1. The zero-order chi connectivity index (χ0) is 21.7. The van der Waals surface area contributed by atoms with E-state index in [4.69, 9.17) is 15.2 Å². The van der Waals surface area contributed by atoms with Crippen LogP contribution in [0.25, 0.3) is 11.2 Å². The Balaban J connectivity index is 1.54. The summed E-state index contributed by atoms with van der Waals surface area (Å²) in [6, 6.07) is -0.293. The maximum absolute atomic E-state index is 12.4. The molecule has 0 bridgehead atoms. The maximum atomic E-state index is 12.4. The van der Waals surface area contributed by atoms with E-state index in [0.717, 1.165) is 0 Å². The van der Waals surface area contributed by atoms with Gasteiger partial charge in [-0.05, 0) is 40.5 Å². The lowest BCUT2D eigenvalue weighted by atomic mass is 9.77. The summed E-state index contributed by atoms with van der Waals surface area (Å²) in [7, 11) is 0. The second-order valence-corrected chi connectivity index (χ2v) is 9.60. The van der Waals surface area contributed by atoms with Crippen LogP contribution in [0, 0.1) is 0 Å². The summed E-state index contributed by atoms with van der Waals surface area (Å²) < 4.78 is 13.6. The molecule has 0 saturated carbocycles. The van der Waals surface area contributed by atoms with Crippen LogP contribution in [0.2, 0.25) is 0 Å². The van der Waals surface area contributed by atoms with Gasteiger partial charge in [-0.1, -0.05) is 0 Å². The van der Waals surface area contributed by atoms with Gasteiger partial charge in [0.1, 0.15) is 23.0 Å². The van der Waals surface area contributed by atoms with Crippen LogP contribution in [0.5, 0.6) is 0 Å². The number of anilines is 1. The third-order valence-electron chi connectivity index (χ3n) is 6.00. The Bertz CT molecular complexity index is 942. The molecule has 2 aromatic heterocycles. The third-order valence-corrected chi connectivity index (χ3v) is 6.00. The van der Waals surface area contributed by atoms with Crippen LogP contribution in [0.4, 0.5) is 10.6 Å². The summed E-state index contributed by atoms with van der Waals surface area (Å²) >= 11 is 0. The van der Waals surface area contributed by atoms with Gasteiger partial charge in [0.2, 0.25) is 0 Å². The number of nitrogens with two attached hydrogens (primary N) is 1. The van der Waals surface area contributed by atoms with Crippen LogP contribution in [0.1, 0.15) is 53.0 Å². The molecule has 0 aromatic carbocycles. The minimum atomic E-state index is -1.10. The molecule has 30 heavy (non-hydrogen) atoms. The number of rotatable bonds is 1. The monoisotopic (exact) mass is 418 g/mol. The van der Waals surface area contributed by atoms with E-state index in [1.165, 1.54) is 6.33 Å². The highest BCUT2D eigenvalue weighted by atomic mass is 16.6. The second-order valence-electron chi connectivity index (χ2n) is 9.60. The lowest BCUT2D eigenvalue weighted by Crippen LogP contribution is -2.57. The molecule has 2 atom stereocenters. The van der Waals surface area contributed by atoms with Crippen LogP contribution < -0.4 is 5.73 Å². The molecule has 0 unspecified atom stereocenters. The van der Waals surface area contributed by atoms with Crippen LogP contribution >= 0.6 is 0 Å². The van der Waals surface area contributed by atoms with Crippen molar-refractivity contribution in [2.75, 3.05) is 25.4 Å². The number of likely N-dealkylation sites (tertiary alicyclic amines) is 1. The normalized spacial score (nSPS) is 26.8. The number of nitrogen functional groups attached to an aromatic ring is 1. The van der Waals surface area contributed by atoms with Gasteiger partial charge in [0, 0.05) is 19.5 Å². The summed E-state index contributed by atoms with van der Waals surface area (Å²) in [5, 5.41) is 11.1. The van der Waals surface area contributed by atoms with Gasteiger partial charge in [-0.3, -0.25) is 0 Å². The Morgan fingerprint density at radius 1 is 1.30 bits per heavy atom. The molecule has 10 nitrogen and oxygen atoms in total. The van der Waals surface area contributed by atoms with Crippen molar-refractivity contribution in [3.63, 3.8) is 0 Å². The SMILES string of the molecule is CC(C)(C)OC(=O)N1CCC2(CC1)C[C@H](n1cnc3c(N)ncnc31)[C@@](C)(O)CO2. The highest BCUT2D eigenvalue weighted by molar-refractivity contribution is 5.81. The molecule has 1 spiro atoms. The summed E-state index contributed by atoms with van der Waals surface area (Å²) in [5.41, 5.74) is 4.99. The number of carbonyl (C=O) groups is 1. The van der Waals surface area contributed by atoms with Crippen LogP contribution in [0.15, 0.2) is 12.7 Å². The fourth-order valence-electron chi connectivity index (χ4n) is 4.29. The summed E-state index contributed by atoms with van der Waals surface area (Å²) in [5.74, 6) is 0.311. The first-order chi connectivity index (χ1) is 14.0. The molecule has 164 valence electrons. The molecule has 3 N–H and O–H groups in total. The van der Waals surface area contributed by atoms with Gasteiger partial charge in [0.05, 0.1) is 24.6 Å². The lowest BCUT2D eigenvalue weighted by Gasteiger charge is -2.50. The highest BCUT2D eigenvalue weighted by Gasteiger charge is 2.50. The lowest BCUT2D eigenvalue weighted by molar-refractivity contribution is -0.199. The van der Waals surface area contributed by atoms with Crippen molar-refractivity contribution in [3.05, 3.63) is 12.7 Å². The molecule has 0 aliphatic carbocycles. The number of hydrogen-bond acceptors (Lipinski definition) is 8. The average molecular weight is 418 g/mol. The molecule has 2 saturated heterocycles. The smallest absolute Gasteiger partial charge is 0.410 e. The Kier molecular flexibility index (Phi) is 4.89. The van der Waals surface area contributed by atoms with Crippen molar-refractivity contribution in [3.8, 4) is 0 Å². The standard InChI is InChI=1S/C20H30N6O4/c1-18(2,3)30-17(27)25-7-5-20(6-8-25)9-13(19(4,28)10-29-20)26-12-24-14-15(21)22-11-23-16(14)26/h11-13,28H,5-10H2,1-4H3,(H2,21,22,23)/t13-,19-/m0/s1. The molecule has 1 amide bonds. The number of fused-ring (bicyclic) bond motifs is 1. The first-order valence-corrected chi connectivity index (χ1v) is 10.3. The van der Waals surface area contributed by atoms with E-state index >= 15 is 0 Å². The summed E-state index contributed by atoms with van der Waals surface area (Å²) in [4.78, 5) is 26.8. The Hall–Kier alpha value is -2.46. The maximum Gasteiger partial charge on any atom is 0.410 e. The number of nitrogens with zero attached hydrogens (tertiary/aromatic N) is 5. The van der Waals surface area contributed by atoms with E-state index in [1.807, 2.05) is 25.3 Å². The fourth-order valence-corrected chi connectivity index (χ4v) is 4.29. The molecule has 2 aromatic rings. The van der Waals surface area contributed by atoms with E-state index in [0.29, 0.717) is 49.3 Å². The number of aliphatic hydroxyl groups is 1. The molecule has 2 aliphatic rings. The van der Waals surface area contributed by atoms with Gasteiger partial charge in [-0.15, -0.1) is 0 Å². The highest BCUT2D eigenvalue weighted by Crippen LogP contribution is 2.44. The van der Waals surface area contributed by atoms with Crippen molar-refractivity contribution in [1.82, 2.24) is 24.4 Å². The van der Waals surface area contributed by atoms with Crippen molar-refractivity contribution < 1.29 is 19.4 Å². The molecule has 2 aliphatic heterocycles. The van der Waals surface area contributed by atoms with Crippen molar-refractivity contribution in [1.29, 1.82) is 0 Å². The molecular weight excluding hydrogens is 388 g/mol. The van der Waals surface area contributed by atoms with E-state index < -0.39 is 16.8 Å². The number of aromatic nitrogens is 4. The van der Waals surface area contributed by atoms with Crippen molar-refractivity contribution in [2.45, 2.75) is 69.8 Å². The van der Waals surface area contributed by atoms with Crippen molar-refractivity contribution in [2.24, 2.45) is 0 Å². The van der Waals surface area contributed by atoms with Gasteiger partial charge in [-0.25, -0.2) is 19.7 Å². The fraction of sp³-hybridized carbons (Fsp3) is 0.700. The Labute approximate surface area is 175 Å². The largest absolute Gasteiger partial charge is 0.444 e. The second kappa shape index (κ2) is 7.05. The molecule has 2 fully saturated rings. The van der Waals surface area contributed by atoms with E-state index in [2.05, 4.69) is 15.0 Å². The van der Waals surface area contributed by atoms with Gasteiger partial charge >= 0.3 is 6.09 Å². The Morgan fingerprint density at radius 3 is 2.67 bits per heavy atom. The van der Waals surface area contributed by atoms with Crippen LogP contribution in [-0.2, 0) is 9.47 Å². The molecule has 4 heterocycles. The van der Waals surface area contributed by atoms with Gasteiger partial charge < -0.3 is 29.8 Å². The average Bonchev–Trinajstić information content (AvgIpc) is 3.08. The minimum absolute atomic E-state index is 0.185. The number of hydrogen-bond donors (Lipinski definition) is 2. The van der Waals surface area contributed by atoms with Crippen LogP contribution in [-0.4, -0.2) is 72.1 Å². The van der Waals surface area contributed by atoms with E-state index in [9.17, 15) is 9.90 Å². The molecule has 4 rings (SSSR count). The number of carbonyl (C=O) groups excluding carboxylic acids is 1. The van der Waals surface area contributed by atoms with E-state index in [-0.39, 0.29) is 18.7 Å². The van der Waals surface area contributed by atoms with Crippen LogP contribution in [0.3, 0.4) is 0 Å². The minimum Gasteiger partial charge on any atom is -0.444 e. The summed E-state index contributed by atoms with van der Waals surface area (Å²) in [6.07, 6.45) is 4.68. The zero-order valence-corrected chi connectivity index (χ0v) is 18.0. The predicted octanol–water partition coefficient (Wildman–Crippen LogP) is 1.89. The van der Waals surface area contributed by atoms with Gasteiger partial charge in [0.15, 0.2) is 11.5 Å². The van der Waals surface area contributed by atoms with Crippen molar-refractivity contribution >= 4 is 23.1 Å². The van der Waals surface area contributed by atoms with E-state index in [1.54, 1.807) is 18.2 Å². The first-order valence-electron chi connectivity index (χ1n) is 10.3.